The van der Waals surface area contributed by atoms with Crippen molar-refractivity contribution >= 4 is 0 Å². The van der Waals surface area contributed by atoms with Crippen LogP contribution in [0.1, 0.15) is 37.7 Å². The third kappa shape index (κ3) is 2.52. The molecule has 2 bridgehead atoms. The maximum Gasteiger partial charge on any atom is 0.0300 e. The predicted molar refractivity (Wildman–Crippen MR) is 69.5 cm³/mol. The smallest absolute Gasteiger partial charge is 0.0300 e. The van der Waals surface area contributed by atoms with E-state index >= 15 is 0 Å². The number of pyridine rings is 1. The molecule has 0 amide bonds. The number of hydrogen-bond donors (Lipinski definition) is 1. The van der Waals surface area contributed by atoms with E-state index < -0.39 is 0 Å². The van der Waals surface area contributed by atoms with Crippen LogP contribution in [0.5, 0.6) is 0 Å². The molecule has 0 aliphatic heterocycles. The highest BCUT2D eigenvalue weighted by Crippen LogP contribution is 2.49. The molecule has 2 nitrogen and oxygen atoms in total. The Bertz CT molecular complexity index is 362. The van der Waals surface area contributed by atoms with Gasteiger partial charge in [-0.2, -0.15) is 0 Å². The van der Waals surface area contributed by atoms with E-state index in [1.165, 1.54) is 37.7 Å². The summed E-state index contributed by atoms with van der Waals surface area (Å²) in [5, 5.41) is 0. The lowest BCUT2D eigenvalue weighted by atomic mass is 9.83. The fraction of sp³-hybridized carbons (Fsp3) is 0.667. The molecule has 2 aliphatic rings. The van der Waals surface area contributed by atoms with E-state index in [1.54, 1.807) is 0 Å². The fourth-order valence-electron chi connectivity index (χ4n) is 3.96. The van der Waals surface area contributed by atoms with Gasteiger partial charge in [0.05, 0.1) is 0 Å². The Labute approximate surface area is 104 Å². The molecule has 0 spiro atoms. The van der Waals surface area contributed by atoms with Crippen LogP contribution in [0.2, 0.25) is 0 Å². The topological polar surface area (TPSA) is 38.9 Å². The van der Waals surface area contributed by atoms with Crippen molar-refractivity contribution in [3.8, 4) is 0 Å². The first-order chi connectivity index (χ1) is 8.31. The monoisotopic (exact) mass is 230 g/mol. The van der Waals surface area contributed by atoms with Gasteiger partial charge in [0.1, 0.15) is 0 Å². The molecule has 2 N–H and O–H groups in total. The molecule has 1 aromatic heterocycles. The minimum atomic E-state index is 0.323. The highest BCUT2D eigenvalue weighted by molar-refractivity contribution is 5.10. The molecular formula is C15H22N2. The summed E-state index contributed by atoms with van der Waals surface area (Å²) in [6.45, 7) is 0. The summed E-state index contributed by atoms with van der Waals surface area (Å²) in [7, 11) is 0. The Kier molecular flexibility index (Phi) is 3.15. The van der Waals surface area contributed by atoms with Crippen LogP contribution in [0.4, 0.5) is 0 Å². The van der Waals surface area contributed by atoms with Crippen LogP contribution in [0, 0.1) is 17.8 Å². The summed E-state index contributed by atoms with van der Waals surface area (Å²) in [4.78, 5) is 4.15. The zero-order chi connectivity index (χ0) is 11.7. The summed E-state index contributed by atoms with van der Waals surface area (Å²) < 4.78 is 0. The molecule has 1 aromatic rings. The van der Waals surface area contributed by atoms with Crippen molar-refractivity contribution in [3.63, 3.8) is 0 Å². The van der Waals surface area contributed by atoms with Crippen LogP contribution in [0.15, 0.2) is 24.5 Å². The number of aromatic nitrogens is 1. The summed E-state index contributed by atoms with van der Waals surface area (Å²) in [5.41, 5.74) is 7.57. The molecule has 2 fully saturated rings. The van der Waals surface area contributed by atoms with Crippen molar-refractivity contribution in [1.82, 2.24) is 4.98 Å². The zero-order valence-corrected chi connectivity index (χ0v) is 10.4. The molecule has 17 heavy (non-hydrogen) atoms. The van der Waals surface area contributed by atoms with Gasteiger partial charge in [-0.25, -0.2) is 0 Å². The Balaban J connectivity index is 1.52. The lowest BCUT2D eigenvalue weighted by Crippen LogP contribution is -2.28. The normalized spacial score (nSPS) is 32.9. The number of rotatable bonds is 4. The minimum absolute atomic E-state index is 0.323. The molecule has 2 heteroatoms. The van der Waals surface area contributed by atoms with E-state index in [0.29, 0.717) is 6.04 Å². The van der Waals surface area contributed by atoms with E-state index in [2.05, 4.69) is 11.1 Å². The second-order valence-electron chi connectivity index (χ2n) is 6.00. The Morgan fingerprint density at radius 1 is 1.35 bits per heavy atom. The highest BCUT2D eigenvalue weighted by Gasteiger charge is 2.39. The van der Waals surface area contributed by atoms with Crippen molar-refractivity contribution in [2.45, 2.75) is 44.6 Å². The van der Waals surface area contributed by atoms with Gasteiger partial charge in [-0.1, -0.05) is 12.5 Å². The van der Waals surface area contributed by atoms with E-state index in [-0.39, 0.29) is 0 Å². The molecule has 3 rings (SSSR count). The summed E-state index contributed by atoms with van der Waals surface area (Å²) in [6, 6.07) is 4.45. The van der Waals surface area contributed by atoms with Crippen LogP contribution < -0.4 is 5.73 Å². The Morgan fingerprint density at radius 2 is 2.29 bits per heavy atom. The quantitative estimate of drug-likeness (QED) is 0.864. The lowest BCUT2D eigenvalue weighted by molar-refractivity contribution is 0.294. The first-order valence-electron chi connectivity index (χ1n) is 6.95. The summed E-state index contributed by atoms with van der Waals surface area (Å²) in [5.74, 6) is 2.95. The molecule has 4 unspecified atom stereocenters. The first-order valence-corrected chi connectivity index (χ1v) is 6.95. The van der Waals surface area contributed by atoms with Crippen molar-refractivity contribution in [3.05, 3.63) is 30.1 Å². The molecule has 1 heterocycles. The molecule has 0 radical (unpaired) electrons. The molecule has 92 valence electrons. The molecular weight excluding hydrogens is 208 g/mol. The van der Waals surface area contributed by atoms with Crippen LogP contribution >= 0.6 is 0 Å². The molecule has 2 aliphatic carbocycles. The fourth-order valence-corrected chi connectivity index (χ4v) is 3.96. The highest BCUT2D eigenvalue weighted by atomic mass is 14.7. The van der Waals surface area contributed by atoms with Gasteiger partial charge >= 0.3 is 0 Å². The van der Waals surface area contributed by atoms with E-state index in [4.69, 9.17) is 5.73 Å². The van der Waals surface area contributed by atoms with Gasteiger partial charge in [0.2, 0.25) is 0 Å². The van der Waals surface area contributed by atoms with Crippen molar-refractivity contribution < 1.29 is 0 Å². The van der Waals surface area contributed by atoms with Crippen LogP contribution in [-0.2, 0) is 6.42 Å². The van der Waals surface area contributed by atoms with Gasteiger partial charge in [-0.15, -0.1) is 0 Å². The minimum Gasteiger partial charge on any atom is -0.327 e. The lowest BCUT2D eigenvalue weighted by Gasteiger charge is -2.24. The maximum atomic E-state index is 6.29. The van der Waals surface area contributed by atoms with Gasteiger partial charge in [-0.05, 0) is 61.5 Å². The average Bonchev–Trinajstić information content (AvgIpc) is 2.92. The number of hydrogen-bond acceptors (Lipinski definition) is 2. The van der Waals surface area contributed by atoms with Gasteiger partial charge in [0, 0.05) is 18.4 Å². The van der Waals surface area contributed by atoms with E-state index in [9.17, 15) is 0 Å². The number of nitrogens with zero attached hydrogens (tertiary/aromatic N) is 1. The average molecular weight is 230 g/mol. The third-order valence-electron chi connectivity index (χ3n) is 4.71. The van der Waals surface area contributed by atoms with Crippen molar-refractivity contribution in [2.75, 3.05) is 0 Å². The SMILES string of the molecule is NC(Cc1cccnc1)CC1CC2CCC1C2. The Morgan fingerprint density at radius 3 is 2.94 bits per heavy atom. The largest absolute Gasteiger partial charge is 0.327 e. The van der Waals surface area contributed by atoms with E-state index in [1.807, 2.05) is 18.5 Å². The van der Waals surface area contributed by atoms with Crippen LogP contribution in [0.25, 0.3) is 0 Å². The van der Waals surface area contributed by atoms with Gasteiger partial charge < -0.3 is 5.73 Å². The molecule has 0 saturated heterocycles. The van der Waals surface area contributed by atoms with Gasteiger partial charge in [0.25, 0.3) is 0 Å². The second-order valence-corrected chi connectivity index (χ2v) is 6.00. The maximum absolute atomic E-state index is 6.29. The van der Waals surface area contributed by atoms with Crippen LogP contribution in [0.3, 0.4) is 0 Å². The summed E-state index contributed by atoms with van der Waals surface area (Å²) in [6.07, 6.45) is 11.9. The summed E-state index contributed by atoms with van der Waals surface area (Å²) >= 11 is 0. The number of nitrogens with two attached hydrogens (primary N) is 1. The zero-order valence-electron chi connectivity index (χ0n) is 10.4. The van der Waals surface area contributed by atoms with Crippen molar-refractivity contribution in [2.24, 2.45) is 23.5 Å². The van der Waals surface area contributed by atoms with Crippen molar-refractivity contribution in [1.29, 1.82) is 0 Å². The molecule has 2 saturated carbocycles. The van der Waals surface area contributed by atoms with E-state index in [0.717, 1.165) is 24.2 Å². The first kappa shape index (κ1) is 11.2. The van der Waals surface area contributed by atoms with Crippen LogP contribution in [-0.4, -0.2) is 11.0 Å². The van der Waals surface area contributed by atoms with Gasteiger partial charge in [0.15, 0.2) is 0 Å². The predicted octanol–water partition coefficient (Wildman–Crippen LogP) is 2.78. The third-order valence-corrected chi connectivity index (χ3v) is 4.71. The number of fused-ring (bicyclic) bond motifs is 2. The Hall–Kier alpha value is -0.890. The second kappa shape index (κ2) is 4.77. The van der Waals surface area contributed by atoms with Gasteiger partial charge in [-0.3, -0.25) is 4.98 Å². The standard InChI is InChI=1S/C15H22N2/c16-15(8-12-2-1-5-17-10-12)9-14-7-11-3-4-13(14)6-11/h1-2,5,10-11,13-15H,3-4,6-9,16H2. The molecule has 4 atom stereocenters. The molecule has 0 aromatic carbocycles.